The van der Waals surface area contributed by atoms with Crippen molar-refractivity contribution >= 4 is 10.1 Å². The molecule has 0 unspecified atom stereocenters. The second-order valence-electron chi connectivity index (χ2n) is 5.26. The highest BCUT2D eigenvalue weighted by atomic mass is 32.2. The van der Waals surface area contributed by atoms with Crippen LogP contribution in [0.25, 0.3) is 0 Å². The minimum Gasteiger partial charge on any atom is -0.189 e. The van der Waals surface area contributed by atoms with E-state index in [0.717, 1.165) is 5.56 Å². The van der Waals surface area contributed by atoms with Gasteiger partial charge in [-0.25, -0.2) is 0 Å². The summed E-state index contributed by atoms with van der Waals surface area (Å²) in [4.78, 5) is -1.35. The molecule has 0 bridgehead atoms. The van der Waals surface area contributed by atoms with Crippen LogP contribution in [0.3, 0.4) is 0 Å². The van der Waals surface area contributed by atoms with Crippen molar-refractivity contribution in [2.24, 2.45) is 5.92 Å². The number of hydroxylamine groups is 2. The molecular formula is C13H19FNO3S+. The largest absolute Gasteiger partial charge is 0.347 e. The summed E-state index contributed by atoms with van der Waals surface area (Å²) >= 11 is 0. The third kappa shape index (κ3) is 3.52. The Morgan fingerprint density at radius 3 is 2.26 bits per heavy atom. The lowest BCUT2D eigenvalue weighted by Gasteiger charge is -2.28. The molecule has 1 fully saturated rings. The van der Waals surface area contributed by atoms with Gasteiger partial charge in [-0.1, -0.05) is 24.6 Å². The Hall–Kier alpha value is -0.980. The van der Waals surface area contributed by atoms with Gasteiger partial charge in [0.2, 0.25) is 0 Å². The minimum absolute atomic E-state index is 0.00753. The van der Waals surface area contributed by atoms with Crippen LogP contribution in [-0.4, -0.2) is 26.4 Å². The van der Waals surface area contributed by atoms with E-state index >= 15 is 0 Å². The number of halogens is 1. The van der Waals surface area contributed by atoms with Gasteiger partial charge in [0.05, 0.1) is 4.90 Å². The SMILES string of the molecule is Cc1ccc(S(=O)(=O)O[N+]2(F)CCC(C)CC2)cc1. The molecule has 1 saturated heterocycles. The summed E-state index contributed by atoms with van der Waals surface area (Å²) in [5.74, 6) is 0.410. The first-order chi connectivity index (χ1) is 8.81. The van der Waals surface area contributed by atoms with E-state index in [2.05, 4.69) is 0 Å². The van der Waals surface area contributed by atoms with Gasteiger partial charge >= 0.3 is 10.1 Å². The van der Waals surface area contributed by atoms with Gasteiger partial charge in [-0.15, -0.1) is 0 Å². The topological polar surface area (TPSA) is 43.4 Å². The predicted molar refractivity (Wildman–Crippen MR) is 69.0 cm³/mol. The molecule has 0 aliphatic carbocycles. The molecule has 4 nitrogen and oxygen atoms in total. The number of hydrogen-bond acceptors (Lipinski definition) is 3. The highest BCUT2D eigenvalue weighted by Crippen LogP contribution is 2.28. The van der Waals surface area contributed by atoms with Crippen LogP contribution >= 0.6 is 0 Å². The predicted octanol–water partition coefficient (Wildman–Crippen LogP) is 2.75. The Bertz CT molecular complexity index is 534. The van der Waals surface area contributed by atoms with Gasteiger partial charge in [0.25, 0.3) is 0 Å². The Labute approximate surface area is 113 Å². The number of benzene rings is 1. The van der Waals surface area contributed by atoms with Gasteiger partial charge in [0.15, 0.2) is 13.1 Å². The van der Waals surface area contributed by atoms with Gasteiger partial charge in [-0.05, 0) is 29.3 Å². The van der Waals surface area contributed by atoms with Gasteiger partial charge in [-0.2, -0.15) is 8.42 Å². The van der Waals surface area contributed by atoms with Crippen molar-refractivity contribution in [1.29, 1.82) is 0 Å². The zero-order valence-corrected chi connectivity index (χ0v) is 12.0. The lowest BCUT2D eigenvalue weighted by molar-refractivity contribution is -1.19. The molecular weight excluding hydrogens is 269 g/mol. The zero-order valence-electron chi connectivity index (χ0n) is 11.2. The van der Waals surface area contributed by atoms with Gasteiger partial charge in [0.1, 0.15) is 0 Å². The maximum absolute atomic E-state index is 14.3. The lowest BCUT2D eigenvalue weighted by Crippen LogP contribution is -2.47. The second kappa shape index (κ2) is 5.19. The molecule has 1 aromatic rings. The van der Waals surface area contributed by atoms with Crippen molar-refractivity contribution in [3.05, 3.63) is 29.8 Å². The molecule has 106 valence electrons. The summed E-state index contributed by atoms with van der Waals surface area (Å²) in [6.45, 7) is 4.03. The van der Waals surface area contributed by atoms with Crippen molar-refractivity contribution in [1.82, 2.24) is 0 Å². The molecule has 1 aliphatic rings. The summed E-state index contributed by atoms with van der Waals surface area (Å²) in [6, 6.07) is 6.20. The molecule has 19 heavy (non-hydrogen) atoms. The molecule has 0 radical (unpaired) electrons. The van der Waals surface area contributed by atoms with Crippen LogP contribution in [0.2, 0.25) is 0 Å². The van der Waals surface area contributed by atoms with Crippen LogP contribution in [0.15, 0.2) is 29.2 Å². The van der Waals surface area contributed by atoms with Crippen molar-refractivity contribution in [3.8, 4) is 0 Å². The van der Waals surface area contributed by atoms with Crippen LogP contribution in [0, 0.1) is 12.8 Å². The molecule has 0 N–H and O–H groups in total. The first kappa shape index (κ1) is 14.4. The Balaban J connectivity index is 2.15. The molecule has 0 amide bonds. The number of aryl methyl sites for hydroxylation is 1. The van der Waals surface area contributed by atoms with Crippen LogP contribution < -0.4 is 0 Å². The van der Waals surface area contributed by atoms with Crippen LogP contribution in [0.1, 0.15) is 25.3 Å². The molecule has 1 aromatic carbocycles. The van der Waals surface area contributed by atoms with E-state index in [1.54, 1.807) is 12.1 Å². The standard InChI is InChI=1S/C13H19FNO3S/c1-11-3-5-13(6-4-11)19(16,17)18-15(14)9-7-12(2)8-10-15/h3-6,12H,7-10H2,1-2H3/q+1. The molecule has 0 atom stereocenters. The number of quaternary nitrogens is 1. The molecule has 0 spiro atoms. The van der Waals surface area contributed by atoms with Crippen molar-refractivity contribution in [3.63, 3.8) is 0 Å². The number of nitrogens with zero attached hydrogens (tertiary/aromatic N) is 1. The highest BCUT2D eigenvalue weighted by molar-refractivity contribution is 7.86. The van der Waals surface area contributed by atoms with Gasteiger partial charge in [0, 0.05) is 22.2 Å². The van der Waals surface area contributed by atoms with E-state index in [4.69, 9.17) is 4.28 Å². The van der Waals surface area contributed by atoms with E-state index in [1.807, 2.05) is 13.8 Å². The fourth-order valence-corrected chi connectivity index (χ4v) is 3.14. The molecule has 0 aromatic heterocycles. The molecule has 1 heterocycles. The van der Waals surface area contributed by atoms with E-state index in [0.29, 0.717) is 18.8 Å². The molecule has 1 aliphatic heterocycles. The van der Waals surface area contributed by atoms with Crippen LogP contribution in [0.5, 0.6) is 0 Å². The summed E-state index contributed by atoms with van der Waals surface area (Å²) in [5.41, 5.74) is 0.940. The number of hydrogen-bond donors (Lipinski definition) is 0. The molecule has 0 saturated carbocycles. The summed E-state index contributed by atoms with van der Waals surface area (Å²) in [5, 5.41) is 0. The van der Waals surface area contributed by atoms with Crippen molar-refractivity contribution in [2.45, 2.75) is 31.6 Å². The average molecular weight is 288 g/mol. The Kier molecular flexibility index (Phi) is 3.94. The molecule has 6 heteroatoms. The van der Waals surface area contributed by atoms with E-state index < -0.39 is 15.0 Å². The molecule has 2 rings (SSSR count). The maximum atomic E-state index is 14.3. The lowest BCUT2D eigenvalue weighted by atomic mass is 10.0. The van der Waals surface area contributed by atoms with Crippen LogP contribution in [-0.2, 0) is 14.4 Å². The van der Waals surface area contributed by atoms with Crippen molar-refractivity contribution in [2.75, 3.05) is 13.1 Å². The number of piperidine rings is 1. The monoisotopic (exact) mass is 288 g/mol. The summed E-state index contributed by atoms with van der Waals surface area (Å²) < 4.78 is 43.2. The smallest absolute Gasteiger partial charge is 0.189 e. The Morgan fingerprint density at radius 2 is 1.74 bits per heavy atom. The summed E-state index contributed by atoms with van der Waals surface area (Å²) in [7, 11) is -4.06. The second-order valence-corrected chi connectivity index (χ2v) is 6.79. The van der Waals surface area contributed by atoms with Gasteiger partial charge in [-0.3, -0.25) is 0 Å². The van der Waals surface area contributed by atoms with E-state index in [9.17, 15) is 12.9 Å². The van der Waals surface area contributed by atoms with Gasteiger partial charge < -0.3 is 0 Å². The fraction of sp³-hybridized carbons (Fsp3) is 0.538. The van der Waals surface area contributed by atoms with E-state index in [1.165, 1.54) is 12.1 Å². The van der Waals surface area contributed by atoms with Crippen molar-refractivity contribution < 1.29 is 22.1 Å². The third-order valence-electron chi connectivity index (χ3n) is 3.45. The van der Waals surface area contributed by atoms with Crippen LogP contribution in [0.4, 0.5) is 4.48 Å². The average Bonchev–Trinajstić information content (AvgIpc) is 2.33. The number of rotatable bonds is 3. The first-order valence-corrected chi connectivity index (χ1v) is 7.81. The fourth-order valence-electron chi connectivity index (χ4n) is 2.08. The Morgan fingerprint density at radius 1 is 1.21 bits per heavy atom. The third-order valence-corrected chi connectivity index (χ3v) is 4.77. The van der Waals surface area contributed by atoms with E-state index in [-0.39, 0.29) is 18.0 Å². The highest BCUT2D eigenvalue weighted by Gasteiger charge is 2.41. The normalized spacial score (nSPS) is 28.3. The quantitative estimate of drug-likeness (QED) is 0.803. The first-order valence-electron chi connectivity index (χ1n) is 6.40. The zero-order chi connectivity index (χ0) is 14.1. The summed E-state index contributed by atoms with van der Waals surface area (Å²) in [6.07, 6.45) is 1.25. The maximum Gasteiger partial charge on any atom is 0.347 e. The minimum atomic E-state index is -4.06.